The van der Waals surface area contributed by atoms with Crippen LogP contribution in [0, 0.1) is 0 Å². The highest BCUT2D eigenvalue weighted by atomic mass is 35.5. The third kappa shape index (κ3) is 5.41. The lowest BCUT2D eigenvalue weighted by Crippen LogP contribution is -2.13. The summed E-state index contributed by atoms with van der Waals surface area (Å²) >= 11 is 6.37. The quantitative estimate of drug-likeness (QED) is 0.785. The topological polar surface area (TPSA) is 43.4 Å². The molecule has 0 atom stereocenters. The second-order valence-electron chi connectivity index (χ2n) is 5.46. The number of nitrogens with zero attached hydrogens (tertiary/aromatic N) is 1. The van der Waals surface area contributed by atoms with Crippen molar-refractivity contribution in [1.82, 2.24) is 10.3 Å². The lowest BCUT2D eigenvalue weighted by molar-refractivity contribution is 0.224. The highest BCUT2D eigenvalue weighted by Crippen LogP contribution is 2.37. The Morgan fingerprint density at radius 2 is 1.83 bits per heavy atom. The van der Waals surface area contributed by atoms with Gasteiger partial charge in [-0.05, 0) is 56.2 Å². The summed E-state index contributed by atoms with van der Waals surface area (Å²) in [5.41, 5.74) is 2.25. The molecule has 1 N–H and O–H groups in total. The van der Waals surface area contributed by atoms with Crippen molar-refractivity contribution in [2.24, 2.45) is 0 Å². The maximum Gasteiger partial charge on any atom is 0.180 e. The van der Waals surface area contributed by atoms with Gasteiger partial charge in [-0.25, -0.2) is 0 Å². The minimum atomic E-state index is 0.0439. The molecule has 0 amide bonds. The molecule has 23 heavy (non-hydrogen) atoms. The summed E-state index contributed by atoms with van der Waals surface area (Å²) in [5, 5.41) is 3.97. The van der Waals surface area contributed by atoms with Crippen LogP contribution in [0.5, 0.6) is 11.5 Å². The van der Waals surface area contributed by atoms with Gasteiger partial charge in [-0.3, -0.25) is 4.98 Å². The molecule has 0 aliphatic carbocycles. The first kappa shape index (κ1) is 17.6. The number of nitrogens with one attached hydrogen (secondary N) is 1. The summed E-state index contributed by atoms with van der Waals surface area (Å²) in [4.78, 5) is 4.01. The molecule has 2 aromatic rings. The smallest absolute Gasteiger partial charge is 0.180 e. The number of aromatic nitrogens is 1. The van der Waals surface area contributed by atoms with Gasteiger partial charge in [-0.15, -0.1) is 0 Å². The fourth-order valence-electron chi connectivity index (χ4n) is 2.19. The van der Waals surface area contributed by atoms with Crippen LogP contribution in [-0.2, 0) is 13.1 Å². The number of rotatable bonds is 8. The minimum Gasteiger partial charge on any atom is -0.490 e. The van der Waals surface area contributed by atoms with E-state index in [1.807, 2.05) is 45.0 Å². The van der Waals surface area contributed by atoms with Crippen molar-refractivity contribution in [2.75, 3.05) is 6.61 Å². The Morgan fingerprint density at radius 1 is 1.13 bits per heavy atom. The number of hydrogen-bond donors (Lipinski definition) is 1. The fraction of sp³-hybridized carbons (Fsp3) is 0.389. The van der Waals surface area contributed by atoms with Gasteiger partial charge in [0, 0.05) is 25.5 Å². The molecule has 1 aromatic heterocycles. The van der Waals surface area contributed by atoms with E-state index in [9.17, 15) is 0 Å². The fourth-order valence-corrected chi connectivity index (χ4v) is 2.47. The monoisotopic (exact) mass is 334 g/mol. The summed E-state index contributed by atoms with van der Waals surface area (Å²) < 4.78 is 11.5. The van der Waals surface area contributed by atoms with Crippen molar-refractivity contribution in [3.8, 4) is 11.5 Å². The molecule has 5 heteroatoms. The maximum atomic E-state index is 6.37. The van der Waals surface area contributed by atoms with E-state index in [1.165, 1.54) is 5.56 Å². The van der Waals surface area contributed by atoms with E-state index in [-0.39, 0.29) is 6.10 Å². The standard InChI is InChI=1S/C18H23ClN2O2/c1-4-22-17-10-15(9-16(19)18(17)23-13(2)3)12-21-11-14-5-7-20-8-6-14/h5-10,13,21H,4,11-12H2,1-3H3. The molecule has 0 saturated heterocycles. The molecular formula is C18H23ClN2O2. The molecule has 0 unspecified atom stereocenters. The maximum absolute atomic E-state index is 6.37. The van der Waals surface area contributed by atoms with E-state index in [0.29, 0.717) is 29.7 Å². The molecule has 0 aliphatic heterocycles. The Morgan fingerprint density at radius 3 is 2.48 bits per heavy atom. The zero-order valence-corrected chi connectivity index (χ0v) is 14.6. The van der Waals surface area contributed by atoms with Gasteiger partial charge in [0.05, 0.1) is 17.7 Å². The molecule has 2 rings (SSSR count). The molecular weight excluding hydrogens is 312 g/mol. The van der Waals surface area contributed by atoms with Gasteiger partial charge in [0.15, 0.2) is 11.5 Å². The van der Waals surface area contributed by atoms with Crippen LogP contribution in [0.3, 0.4) is 0 Å². The van der Waals surface area contributed by atoms with Crippen LogP contribution >= 0.6 is 11.6 Å². The molecule has 0 saturated carbocycles. The van der Waals surface area contributed by atoms with E-state index in [0.717, 1.165) is 12.1 Å². The SMILES string of the molecule is CCOc1cc(CNCc2ccncc2)cc(Cl)c1OC(C)C. The molecule has 0 radical (unpaired) electrons. The molecule has 1 aromatic carbocycles. The van der Waals surface area contributed by atoms with Crippen LogP contribution in [0.25, 0.3) is 0 Å². The van der Waals surface area contributed by atoms with Crippen molar-refractivity contribution in [3.05, 3.63) is 52.8 Å². The molecule has 0 aliphatic rings. The van der Waals surface area contributed by atoms with Gasteiger partial charge in [0.2, 0.25) is 0 Å². The third-order valence-electron chi connectivity index (χ3n) is 3.13. The van der Waals surface area contributed by atoms with Crippen LogP contribution in [0.1, 0.15) is 31.9 Å². The average Bonchev–Trinajstić information content (AvgIpc) is 2.52. The van der Waals surface area contributed by atoms with Crippen molar-refractivity contribution in [2.45, 2.75) is 40.0 Å². The Bertz CT molecular complexity index is 618. The Kier molecular flexibility index (Phi) is 6.68. The zero-order valence-electron chi connectivity index (χ0n) is 13.8. The van der Waals surface area contributed by atoms with Gasteiger partial charge in [0.25, 0.3) is 0 Å². The van der Waals surface area contributed by atoms with Gasteiger partial charge in [-0.2, -0.15) is 0 Å². The van der Waals surface area contributed by atoms with Crippen LogP contribution in [0.2, 0.25) is 5.02 Å². The second-order valence-corrected chi connectivity index (χ2v) is 5.87. The zero-order chi connectivity index (χ0) is 16.7. The van der Waals surface area contributed by atoms with Crippen molar-refractivity contribution in [1.29, 1.82) is 0 Å². The van der Waals surface area contributed by atoms with E-state index in [1.54, 1.807) is 12.4 Å². The van der Waals surface area contributed by atoms with Gasteiger partial charge >= 0.3 is 0 Å². The molecule has 4 nitrogen and oxygen atoms in total. The lowest BCUT2D eigenvalue weighted by Gasteiger charge is -2.17. The minimum absolute atomic E-state index is 0.0439. The van der Waals surface area contributed by atoms with Crippen LogP contribution in [0.15, 0.2) is 36.7 Å². The first-order valence-corrected chi connectivity index (χ1v) is 8.19. The van der Waals surface area contributed by atoms with Crippen molar-refractivity contribution >= 4 is 11.6 Å². The first-order valence-electron chi connectivity index (χ1n) is 7.81. The first-order chi connectivity index (χ1) is 11.1. The molecule has 0 spiro atoms. The summed E-state index contributed by atoms with van der Waals surface area (Å²) in [6, 6.07) is 7.88. The van der Waals surface area contributed by atoms with Gasteiger partial charge < -0.3 is 14.8 Å². The summed E-state index contributed by atoms with van der Waals surface area (Å²) in [6.07, 6.45) is 3.63. The van der Waals surface area contributed by atoms with Gasteiger partial charge in [0.1, 0.15) is 0 Å². The number of benzene rings is 1. The molecule has 1 heterocycles. The Labute approximate surface area is 142 Å². The Hall–Kier alpha value is -1.78. The predicted octanol–water partition coefficient (Wildman–Crippen LogP) is 4.21. The second kappa shape index (κ2) is 8.75. The lowest BCUT2D eigenvalue weighted by atomic mass is 10.2. The van der Waals surface area contributed by atoms with E-state index in [2.05, 4.69) is 10.3 Å². The number of pyridine rings is 1. The molecule has 0 bridgehead atoms. The molecule has 124 valence electrons. The highest BCUT2D eigenvalue weighted by molar-refractivity contribution is 6.32. The van der Waals surface area contributed by atoms with E-state index < -0.39 is 0 Å². The van der Waals surface area contributed by atoms with Gasteiger partial charge in [-0.1, -0.05) is 11.6 Å². The number of hydrogen-bond acceptors (Lipinski definition) is 4. The normalized spacial score (nSPS) is 10.8. The number of halogens is 1. The van der Waals surface area contributed by atoms with Crippen LogP contribution in [0.4, 0.5) is 0 Å². The van der Waals surface area contributed by atoms with Crippen LogP contribution < -0.4 is 14.8 Å². The van der Waals surface area contributed by atoms with Crippen molar-refractivity contribution < 1.29 is 9.47 Å². The van der Waals surface area contributed by atoms with E-state index >= 15 is 0 Å². The summed E-state index contributed by atoms with van der Waals surface area (Å²) in [5.74, 6) is 1.30. The number of ether oxygens (including phenoxy) is 2. The predicted molar refractivity (Wildman–Crippen MR) is 93.2 cm³/mol. The largest absolute Gasteiger partial charge is 0.490 e. The van der Waals surface area contributed by atoms with E-state index in [4.69, 9.17) is 21.1 Å². The van der Waals surface area contributed by atoms with Crippen molar-refractivity contribution in [3.63, 3.8) is 0 Å². The summed E-state index contributed by atoms with van der Waals surface area (Å²) in [6.45, 7) is 7.92. The van der Waals surface area contributed by atoms with Crippen LogP contribution in [-0.4, -0.2) is 17.7 Å². The average molecular weight is 335 g/mol. The molecule has 0 fully saturated rings. The highest BCUT2D eigenvalue weighted by Gasteiger charge is 2.13. The summed E-state index contributed by atoms with van der Waals surface area (Å²) in [7, 11) is 0. The Balaban J connectivity index is 2.06. The third-order valence-corrected chi connectivity index (χ3v) is 3.41.